The fourth-order valence-corrected chi connectivity index (χ4v) is 1.87. The van der Waals surface area contributed by atoms with E-state index in [0.29, 0.717) is 23.4 Å². The number of benzene rings is 1. The maximum Gasteiger partial charge on any atom is 0.130 e. The molecule has 2 rings (SSSR count). The number of rotatable bonds is 4. The summed E-state index contributed by atoms with van der Waals surface area (Å²) in [6, 6.07) is 6.29. The van der Waals surface area contributed by atoms with Crippen molar-refractivity contribution in [2.75, 3.05) is 0 Å². The van der Waals surface area contributed by atoms with Crippen LogP contribution in [0.2, 0.25) is 0 Å². The van der Waals surface area contributed by atoms with Crippen molar-refractivity contribution >= 4 is 5.70 Å². The molecule has 0 saturated heterocycles. The predicted molar refractivity (Wildman–Crippen MR) is 76.1 cm³/mol. The minimum atomic E-state index is -0.250. The van der Waals surface area contributed by atoms with Crippen LogP contribution < -0.4 is 10.8 Å². The topological polar surface area (TPSA) is 53.7 Å². The molecule has 0 aliphatic rings. The molecule has 0 amide bonds. The van der Waals surface area contributed by atoms with Gasteiger partial charge in [-0.15, -0.1) is 0 Å². The minimum absolute atomic E-state index is 0.250. The average Bonchev–Trinajstić information content (AvgIpc) is 2.44. The first-order valence-electron chi connectivity index (χ1n) is 6.23. The molecule has 1 aromatic carbocycles. The second-order valence-electron chi connectivity index (χ2n) is 4.64. The zero-order chi connectivity index (χ0) is 14.7. The van der Waals surface area contributed by atoms with Gasteiger partial charge in [-0.1, -0.05) is 18.7 Å². The molecule has 0 aliphatic carbocycles. The maximum atomic E-state index is 12.8. The van der Waals surface area contributed by atoms with Crippen molar-refractivity contribution in [3.05, 3.63) is 65.3 Å². The van der Waals surface area contributed by atoms with Crippen LogP contribution in [0, 0.1) is 18.2 Å². The molecule has 0 fully saturated rings. The smallest absolute Gasteiger partial charge is 0.130 e. The zero-order valence-corrected chi connectivity index (χ0v) is 11.6. The van der Waals surface area contributed by atoms with Gasteiger partial charge in [0.15, 0.2) is 0 Å². The van der Waals surface area contributed by atoms with E-state index >= 15 is 0 Å². The third-order valence-electron chi connectivity index (χ3n) is 3.13. The molecule has 104 valence electrons. The van der Waals surface area contributed by atoms with Gasteiger partial charge < -0.3 is 9.88 Å². The second-order valence-corrected chi connectivity index (χ2v) is 4.64. The van der Waals surface area contributed by atoms with Gasteiger partial charge in [0.2, 0.25) is 0 Å². The first-order valence-corrected chi connectivity index (χ1v) is 6.23. The molecule has 0 unspecified atom stereocenters. The lowest BCUT2D eigenvalue weighted by molar-refractivity contribution is 0.626. The molecule has 20 heavy (non-hydrogen) atoms. The van der Waals surface area contributed by atoms with Gasteiger partial charge in [0, 0.05) is 19.2 Å². The van der Waals surface area contributed by atoms with Crippen molar-refractivity contribution in [1.29, 1.82) is 5.41 Å². The normalized spacial score (nSPS) is 10.3. The quantitative estimate of drug-likeness (QED) is 0.895. The summed E-state index contributed by atoms with van der Waals surface area (Å²) in [4.78, 5) is 4.29. The highest BCUT2D eigenvalue weighted by Crippen LogP contribution is 2.10. The molecule has 2 aromatic rings. The summed E-state index contributed by atoms with van der Waals surface area (Å²) in [6.07, 6.45) is 1.59. The first kappa shape index (κ1) is 14.0. The number of nitrogens with zero attached hydrogens (tertiary/aromatic N) is 2. The summed E-state index contributed by atoms with van der Waals surface area (Å²) < 4.78 is 14.5. The number of aromatic nitrogens is 2. The van der Waals surface area contributed by atoms with Crippen molar-refractivity contribution in [2.45, 2.75) is 13.5 Å². The average molecular weight is 272 g/mol. The molecule has 0 saturated carbocycles. The molecule has 1 aromatic heterocycles. The largest absolute Gasteiger partial charge is 0.380 e. The van der Waals surface area contributed by atoms with Crippen LogP contribution in [0.4, 0.5) is 4.39 Å². The first-order chi connectivity index (χ1) is 9.49. The van der Waals surface area contributed by atoms with Gasteiger partial charge in [0.1, 0.15) is 11.3 Å². The molecule has 0 spiro atoms. The molecule has 0 bridgehead atoms. The molecule has 0 radical (unpaired) electrons. The molecule has 2 N–H and O–H groups in total. The van der Waals surface area contributed by atoms with E-state index in [1.54, 1.807) is 30.1 Å². The Morgan fingerprint density at radius 1 is 1.40 bits per heavy atom. The van der Waals surface area contributed by atoms with Gasteiger partial charge >= 0.3 is 0 Å². The molecule has 4 nitrogen and oxygen atoms in total. The Morgan fingerprint density at radius 2 is 2.05 bits per heavy atom. The van der Waals surface area contributed by atoms with Crippen LogP contribution in [0.3, 0.4) is 0 Å². The zero-order valence-electron chi connectivity index (χ0n) is 11.6. The molecular weight excluding hydrogens is 255 g/mol. The van der Waals surface area contributed by atoms with Crippen molar-refractivity contribution in [2.24, 2.45) is 7.05 Å². The van der Waals surface area contributed by atoms with E-state index in [0.717, 1.165) is 11.1 Å². The van der Waals surface area contributed by atoms with Gasteiger partial charge in [-0.25, -0.2) is 9.37 Å². The molecule has 1 heterocycles. The predicted octanol–water partition coefficient (Wildman–Crippen LogP) is 2.11. The van der Waals surface area contributed by atoms with Crippen molar-refractivity contribution in [3.63, 3.8) is 0 Å². The third-order valence-corrected chi connectivity index (χ3v) is 3.13. The Balaban J connectivity index is 2.11. The van der Waals surface area contributed by atoms with Crippen LogP contribution in [0.15, 0.2) is 37.2 Å². The van der Waals surface area contributed by atoms with E-state index in [-0.39, 0.29) is 5.82 Å². The monoisotopic (exact) mass is 272 g/mol. The summed E-state index contributed by atoms with van der Waals surface area (Å²) in [5.41, 5.74) is 3.46. The van der Waals surface area contributed by atoms with Gasteiger partial charge in [-0.05, 0) is 24.6 Å². The number of hydrogen-bond donors (Lipinski definition) is 2. The minimum Gasteiger partial charge on any atom is -0.380 e. The van der Waals surface area contributed by atoms with Crippen LogP contribution in [0.1, 0.15) is 16.8 Å². The van der Waals surface area contributed by atoms with Gasteiger partial charge in [-0.2, -0.15) is 0 Å². The lowest BCUT2D eigenvalue weighted by Gasteiger charge is -2.12. The van der Waals surface area contributed by atoms with Crippen LogP contribution in [-0.4, -0.2) is 9.55 Å². The van der Waals surface area contributed by atoms with E-state index in [4.69, 9.17) is 5.41 Å². The van der Waals surface area contributed by atoms with Crippen LogP contribution in [0.25, 0.3) is 5.70 Å². The van der Waals surface area contributed by atoms with E-state index in [1.807, 2.05) is 6.92 Å². The fraction of sp³-hybridized carbons (Fsp3) is 0.200. The van der Waals surface area contributed by atoms with E-state index in [2.05, 4.69) is 16.9 Å². The Bertz CT molecular complexity index is 686. The van der Waals surface area contributed by atoms with Crippen LogP contribution in [-0.2, 0) is 13.6 Å². The number of aryl methyl sites for hydroxylation is 1. The van der Waals surface area contributed by atoms with Gasteiger partial charge in [0.25, 0.3) is 0 Å². The lowest BCUT2D eigenvalue weighted by atomic mass is 10.2. The Labute approximate surface area is 117 Å². The third kappa shape index (κ3) is 2.93. The number of halogens is 1. The summed E-state index contributed by atoms with van der Waals surface area (Å²) in [5.74, 6) is -0.250. The van der Waals surface area contributed by atoms with Crippen LogP contribution in [0.5, 0.6) is 0 Å². The van der Waals surface area contributed by atoms with Crippen molar-refractivity contribution < 1.29 is 4.39 Å². The van der Waals surface area contributed by atoms with E-state index in [9.17, 15) is 4.39 Å². The highest BCUT2D eigenvalue weighted by molar-refractivity contribution is 5.60. The lowest BCUT2D eigenvalue weighted by Crippen LogP contribution is -2.24. The SMILES string of the molecule is C=C(NCc1ccc(F)cc1)c1ncn(C)c(=N)c1C. The Hall–Kier alpha value is -2.43. The Kier molecular flexibility index (Phi) is 3.98. The number of hydrogen-bond acceptors (Lipinski definition) is 3. The van der Waals surface area contributed by atoms with Gasteiger partial charge in [0.05, 0.1) is 17.7 Å². The number of nitrogens with one attached hydrogen (secondary N) is 2. The molecular formula is C15H17FN4. The summed E-state index contributed by atoms with van der Waals surface area (Å²) >= 11 is 0. The van der Waals surface area contributed by atoms with Crippen molar-refractivity contribution in [1.82, 2.24) is 14.9 Å². The summed E-state index contributed by atoms with van der Waals surface area (Å²) in [5, 5.41) is 11.1. The highest BCUT2D eigenvalue weighted by atomic mass is 19.1. The highest BCUT2D eigenvalue weighted by Gasteiger charge is 2.07. The summed E-state index contributed by atoms with van der Waals surface area (Å²) in [6.45, 7) is 6.33. The summed E-state index contributed by atoms with van der Waals surface area (Å²) in [7, 11) is 1.78. The second kappa shape index (κ2) is 5.69. The standard InChI is InChI=1S/C15H17FN4/c1-10-14(19-9-20(3)15(10)17)11(2)18-8-12-4-6-13(16)7-5-12/h4-7,9,17-18H,2,8H2,1,3H3. The molecule has 0 aliphatic heterocycles. The molecule has 5 heteroatoms. The Morgan fingerprint density at radius 3 is 2.70 bits per heavy atom. The fourth-order valence-electron chi connectivity index (χ4n) is 1.87. The van der Waals surface area contributed by atoms with E-state index in [1.165, 1.54) is 12.1 Å². The molecule has 0 atom stereocenters. The van der Waals surface area contributed by atoms with Crippen molar-refractivity contribution in [3.8, 4) is 0 Å². The van der Waals surface area contributed by atoms with Crippen LogP contribution >= 0.6 is 0 Å². The van der Waals surface area contributed by atoms with E-state index < -0.39 is 0 Å². The van der Waals surface area contributed by atoms with Gasteiger partial charge in [-0.3, -0.25) is 5.41 Å². The maximum absolute atomic E-state index is 12.8.